The molecule has 4 amide bonds. The van der Waals surface area contributed by atoms with Gasteiger partial charge in [0.2, 0.25) is 11.8 Å². The number of alkyl carbamates (subject to hydrolysis) is 2. The molecule has 4 aliphatic rings. The third-order valence-electron chi connectivity index (χ3n) is 14.2. The Morgan fingerprint density at radius 2 is 1.49 bits per heavy atom. The molecule has 65 heavy (non-hydrogen) atoms. The molecule has 4 aliphatic heterocycles. The molecule has 0 spiro atoms. The monoisotopic (exact) mass is 888 g/mol. The molecule has 16 nitrogen and oxygen atoms in total. The van der Waals surface area contributed by atoms with Crippen molar-refractivity contribution >= 4 is 45.8 Å². The molecular weight excluding hydrogens is 829 g/mol. The maximum absolute atomic E-state index is 14.4. The number of H-pyrrole nitrogens is 2. The van der Waals surface area contributed by atoms with Crippen LogP contribution in [0.5, 0.6) is 5.75 Å². The Bertz CT molecular complexity index is 2600. The number of hydrogen-bond acceptors (Lipinski definition) is 10. The lowest BCUT2D eigenvalue weighted by Gasteiger charge is -2.36. The number of ether oxygens (including phenoxy) is 4. The number of carbonyl (C=O) groups excluding carboxylic acids is 4. The smallest absolute Gasteiger partial charge is 0.407 e. The van der Waals surface area contributed by atoms with Gasteiger partial charge >= 0.3 is 12.2 Å². The summed E-state index contributed by atoms with van der Waals surface area (Å²) in [5.74, 6) is 1.79. The standard InChI is InChI=1S/C49H60N8O8/c1-7-31-11-15-38(56(31)47(59)42(55-49(61)63-6)27-17-19-64-20-18-27)44-50-24-37(52-44)29-9-13-33-30(21-29)25-65-40-23-34-28(22-35(33)40)10-14-36-43(34)53-45(51-36)39-16-12-32(8-2)57(39)46(58)41(26(3)4)54-48(60)62-5/h9-10,13-14,21-24,26-27,31-32,38-39,41-42H,7-8,11-12,15-20,25H2,1-6H3,(H,50,52)(H,51,53)(H,54,60)(H,55,61)/t31-,32-,38-,39-,41-,42-/m0/s1. The zero-order valence-corrected chi connectivity index (χ0v) is 38.1. The van der Waals surface area contributed by atoms with Gasteiger partial charge in [0.25, 0.3) is 0 Å². The molecule has 0 radical (unpaired) electrons. The largest absolute Gasteiger partial charge is 0.488 e. The first-order chi connectivity index (χ1) is 31.5. The summed E-state index contributed by atoms with van der Waals surface area (Å²) in [4.78, 5) is 74.3. The Hall–Kier alpha value is -6.16. The maximum Gasteiger partial charge on any atom is 0.407 e. The summed E-state index contributed by atoms with van der Waals surface area (Å²) in [6.07, 6.45) is 6.74. The van der Waals surface area contributed by atoms with Crippen LogP contribution in [0.2, 0.25) is 0 Å². The number of nitrogens with zero attached hydrogens (tertiary/aromatic N) is 4. The molecular formula is C49H60N8O8. The van der Waals surface area contributed by atoms with Gasteiger partial charge in [-0.2, -0.15) is 0 Å². The van der Waals surface area contributed by atoms with Crippen LogP contribution in [0.4, 0.5) is 9.59 Å². The second-order valence-corrected chi connectivity index (χ2v) is 18.2. The van der Waals surface area contributed by atoms with Crippen molar-refractivity contribution in [3.63, 3.8) is 0 Å². The highest BCUT2D eigenvalue weighted by Crippen LogP contribution is 2.45. The molecule has 344 valence electrons. The molecule has 3 saturated heterocycles. The van der Waals surface area contributed by atoms with Crippen molar-refractivity contribution in [3.8, 4) is 28.1 Å². The Morgan fingerprint density at radius 1 is 0.800 bits per heavy atom. The minimum Gasteiger partial charge on any atom is -0.488 e. The number of carbonyl (C=O) groups is 4. The summed E-state index contributed by atoms with van der Waals surface area (Å²) >= 11 is 0. The van der Waals surface area contributed by atoms with Crippen molar-refractivity contribution in [2.75, 3.05) is 27.4 Å². The zero-order valence-electron chi connectivity index (χ0n) is 38.1. The van der Waals surface area contributed by atoms with Crippen LogP contribution in [0.3, 0.4) is 0 Å². The second kappa shape index (κ2) is 18.4. The van der Waals surface area contributed by atoms with Crippen LogP contribution in [0.1, 0.15) is 108 Å². The fourth-order valence-corrected chi connectivity index (χ4v) is 10.7. The normalized spacial score (nSPS) is 21.8. The highest BCUT2D eigenvalue weighted by atomic mass is 16.5. The first-order valence-corrected chi connectivity index (χ1v) is 23.2. The third-order valence-corrected chi connectivity index (χ3v) is 14.2. The third kappa shape index (κ3) is 8.25. The van der Waals surface area contributed by atoms with Crippen molar-refractivity contribution in [1.82, 2.24) is 40.4 Å². The van der Waals surface area contributed by atoms with Crippen molar-refractivity contribution in [2.24, 2.45) is 11.8 Å². The Labute approximate surface area is 378 Å². The van der Waals surface area contributed by atoms with E-state index in [1.165, 1.54) is 14.2 Å². The summed E-state index contributed by atoms with van der Waals surface area (Å²) in [6.45, 7) is 9.50. The Morgan fingerprint density at radius 3 is 2.18 bits per heavy atom. The molecule has 5 aromatic rings. The van der Waals surface area contributed by atoms with Gasteiger partial charge in [0.1, 0.15) is 36.1 Å². The average Bonchev–Trinajstić information content (AvgIpc) is 4.16. The van der Waals surface area contributed by atoms with Gasteiger partial charge in [0, 0.05) is 36.2 Å². The highest BCUT2D eigenvalue weighted by Gasteiger charge is 2.45. The number of imidazole rings is 2. The first kappa shape index (κ1) is 44.1. The van der Waals surface area contributed by atoms with E-state index < -0.39 is 24.3 Å². The molecule has 2 aromatic heterocycles. The van der Waals surface area contributed by atoms with E-state index in [4.69, 9.17) is 28.9 Å². The van der Waals surface area contributed by atoms with Gasteiger partial charge < -0.3 is 49.3 Å². The molecule has 6 atom stereocenters. The number of aromatic amines is 2. The number of amides is 4. The maximum atomic E-state index is 14.4. The molecule has 3 fully saturated rings. The van der Waals surface area contributed by atoms with E-state index in [0.29, 0.717) is 32.7 Å². The molecule has 0 saturated carbocycles. The summed E-state index contributed by atoms with van der Waals surface area (Å²) in [5, 5.41) is 7.60. The molecule has 16 heteroatoms. The van der Waals surface area contributed by atoms with Crippen LogP contribution in [-0.2, 0) is 30.4 Å². The van der Waals surface area contributed by atoms with Gasteiger partial charge in [-0.25, -0.2) is 19.6 Å². The van der Waals surface area contributed by atoms with Gasteiger partial charge in [-0.3, -0.25) is 9.59 Å². The fraction of sp³-hybridized carbons (Fsp3) is 0.510. The number of aromatic nitrogens is 4. The van der Waals surface area contributed by atoms with Crippen LogP contribution in [0.25, 0.3) is 44.2 Å². The quantitative estimate of drug-likeness (QED) is 0.101. The van der Waals surface area contributed by atoms with Crippen molar-refractivity contribution < 1.29 is 38.1 Å². The number of rotatable bonds is 11. The topological polar surface area (TPSA) is 193 Å². The van der Waals surface area contributed by atoms with Crippen LogP contribution in [-0.4, -0.2) is 105 Å². The van der Waals surface area contributed by atoms with Gasteiger partial charge in [0.15, 0.2) is 0 Å². The summed E-state index contributed by atoms with van der Waals surface area (Å²) in [6, 6.07) is 12.8. The SMILES string of the molecule is CC[C@H]1CC[C@@H](c2nc3c(ccc4cc5c(cc43)OCc3cc(-c4cnc([C@@H]6CC[C@H](CC)N6C(=O)[C@@H](NC(=O)OC)C6CCOCC6)[nH]4)ccc3-5)[nH]2)N1C(=O)[C@@H](NC(=O)OC)C(C)C. The van der Waals surface area contributed by atoms with Crippen molar-refractivity contribution in [3.05, 3.63) is 65.9 Å². The van der Waals surface area contributed by atoms with Crippen molar-refractivity contribution in [1.29, 1.82) is 0 Å². The summed E-state index contributed by atoms with van der Waals surface area (Å²) in [5.41, 5.74) is 6.61. The summed E-state index contributed by atoms with van der Waals surface area (Å²) in [7, 11) is 2.62. The molecule has 0 aliphatic carbocycles. The minimum absolute atomic E-state index is 0.0220. The van der Waals surface area contributed by atoms with Crippen LogP contribution in [0.15, 0.2) is 48.7 Å². The number of nitrogens with one attached hydrogen (secondary N) is 4. The van der Waals surface area contributed by atoms with Crippen LogP contribution in [0, 0.1) is 11.8 Å². The summed E-state index contributed by atoms with van der Waals surface area (Å²) < 4.78 is 21.9. The fourth-order valence-electron chi connectivity index (χ4n) is 10.7. The van der Waals surface area contributed by atoms with Crippen LogP contribution >= 0.6 is 0 Å². The Kier molecular flexibility index (Phi) is 12.5. The molecule has 6 heterocycles. The van der Waals surface area contributed by atoms with E-state index in [9.17, 15) is 19.2 Å². The number of methoxy groups -OCH3 is 2. The predicted octanol–water partition coefficient (Wildman–Crippen LogP) is 8.08. The van der Waals surface area contributed by atoms with Gasteiger partial charge in [-0.05, 0) is 110 Å². The molecule has 4 N–H and O–H groups in total. The first-order valence-electron chi connectivity index (χ1n) is 23.2. The minimum atomic E-state index is -0.726. The van der Waals surface area contributed by atoms with Gasteiger partial charge in [-0.1, -0.05) is 45.9 Å². The number of benzene rings is 3. The van der Waals surface area contributed by atoms with E-state index in [0.717, 1.165) is 106 Å². The van der Waals surface area contributed by atoms with E-state index in [1.54, 1.807) is 0 Å². The lowest BCUT2D eigenvalue weighted by Crippen LogP contribution is -2.54. The number of hydrogen-bond donors (Lipinski definition) is 4. The van der Waals surface area contributed by atoms with Gasteiger partial charge in [0.05, 0.1) is 49.2 Å². The molecule has 0 unspecified atom stereocenters. The van der Waals surface area contributed by atoms with E-state index in [2.05, 4.69) is 70.8 Å². The lowest BCUT2D eigenvalue weighted by molar-refractivity contribution is -0.139. The van der Waals surface area contributed by atoms with E-state index in [-0.39, 0.29) is 47.8 Å². The van der Waals surface area contributed by atoms with Crippen molar-refractivity contribution in [2.45, 2.75) is 122 Å². The Balaban J connectivity index is 0.969. The predicted molar refractivity (Wildman–Crippen MR) is 244 cm³/mol. The zero-order chi connectivity index (χ0) is 45.5. The second-order valence-electron chi connectivity index (χ2n) is 18.2. The van der Waals surface area contributed by atoms with E-state index in [1.807, 2.05) is 35.9 Å². The van der Waals surface area contributed by atoms with Crippen LogP contribution < -0.4 is 15.4 Å². The molecule has 3 aromatic carbocycles. The lowest BCUT2D eigenvalue weighted by atomic mass is 9.90. The van der Waals surface area contributed by atoms with Gasteiger partial charge in [-0.15, -0.1) is 0 Å². The molecule has 0 bridgehead atoms. The number of likely N-dealkylation sites (tertiary alicyclic amines) is 2. The van der Waals surface area contributed by atoms with E-state index >= 15 is 0 Å². The molecule has 9 rings (SSSR count). The number of fused-ring (bicyclic) bond motifs is 6. The highest BCUT2D eigenvalue weighted by molar-refractivity contribution is 6.07. The average molecular weight is 889 g/mol.